The minimum Gasteiger partial charge on any atom is -0.388 e. The average molecular weight is 122 g/mol. The summed E-state index contributed by atoms with van der Waals surface area (Å²) in [5, 5.41) is 3.02. The summed E-state index contributed by atoms with van der Waals surface area (Å²) in [6.45, 7) is 1.94. The second-order valence-corrected chi connectivity index (χ2v) is 1.96. The van der Waals surface area contributed by atoms with Crippen molar-refractivity contribution in [3.05, 3.63) is 29.8 Å². The third-order valence-electron chi connectivity index (χ3n) is 1.33. The predicted molar refractivity (Wildman–Crippen MR) is 40.7 cm³/mol. The summed E-state index contributed by atoms with van der Waals surface area (Å²) >= 11 is 0. The van der Waals surface area contributed by atoms with Crippen molar-refractivity contribution in [3.63, 3.8) is 0 Å². The molecular weight excluding hydrogens is 110 g/mol. The molecule has 1 nitrogen and oxygen atoms in total. The molecule has 0 amide bonds. The summed E-state index contributed by atoms with van der Waals surface area (Å²) in [4.78, 5) is 0. The third kappa shape index (κ3) is 1.22. The van der Waals surface area contributed by atoms with Crippen LogP contribution in [0.25, 0.3) is 0 Å². The molecule has 0 saturated heterocycles. The van der Waals surface area contributed by atoms with E-state index in [2.05, 4.69) is 5.32 Å². The first-order valence-electron chi connectivity index (χ1n) is 3.49. The number of rotatable bonds is 1. The Morgan fingerprint density at radius 2 is 2.33 bits per heavy atom. The van der Waals surface area contributed by atoms with Crippen molar-refractivity contribution in [2.24, 2.45) is 0 Å². The molecule has 0 spiro atoms. The summed E-state index contributed by atoms with van der Waals surface area (Å²) in [6.07, 6.45) is 0. The van der Waals surface area contributed by atoms with Crippen LogP contribution in [0.2, 0.25) is 0 Å². The first-order valence-corrected chi connectivity index (χ1v) is 2.99. The van der Waals surface area contributed by atoms with Gasteiger partial charge < -0.3 is 5.32 Å². The van der Waals surface area contributed by atoms with Crippen LogP contribution in [0.3, 0.4) is 0 Å². The molecule has 9 heavy (non-hydrogen) atoms. The Balaban J connectivity index is 3.14. The van der Waals surface area contributed by atoms with Gasteiger partial charge in [-0.05, 0) is 18.6 Å². The molecule has 0 atom stereocenters. The fourth-order valence-corrected chi connectivity index (χ4v) is 0.791. The van der Waals surface area contributed by atoms with Gasteiger partial charge >= 0.3 is 0 Å². The van der Waals surface area contributed by atoms with Crippen LogP contribution in [0, 0.1) is 6.92 Å². The normalized spacial score (nSPS) is 10.7. The highest BCUT2D eigenvalue weighted by molar-refractivity contribution is 5.49. The molecule has 1 aromatic carbocycles. The Bertz CT molecular complexity index is 233. The van der Waals surface area contributed by atoms with E-state index < -0.39 is 0 Å². The maximum Gasteiger partial charge on any atom is 0.0626 e. The zero-order valence-electron chi connectivity index (χ0n) is 6.73. The molecule has 1 aromatic rings. The Morgan fingerprint density at radius 1 is 1.56 bits per heavy atom. The maximum atomic E-state index is 7.42. The number of benzene rings is 1. The topological polar surface area (TPSA) is 12.0 Å². The van der Waals surface area contributed by atoms with Crippen molar-refractivity contribution >= 4 is 5.69 Å². The summed E-state index contributed by atoms with van der Waals surface area (Å²) < 4.78 is 7.42. The number of anilines is 1. The zero-order valence-corrected chi connectivity index (χ0v) is 5.73. The van der Waals surface area contributed by atoms with E-state index in [0.717, 1.165) is 11.3 Å². The van der Waals surface area contributed by atoms with Gasteiger partial charge in [-0.25, -0.2) is 0 Å². The second-order valence-electron chi connectivity index (χ2n) is 1.96. The molecule has 0 heterocycles. The summed E-state index contributed by atoms with van der Waals surface area (Å²) in [5.41, 5.74) is 2.04. The molecule has 1 rings (SSSR count). The van der Waals surface area contributed by atoms with E-state index in [4.69, 9.17) is 1.37 Å². The lowest BCUT2D eigenvalue weighted by Gasteiger charge is -2.01. The largest absolute Gasteiger partial charge is 0.388 e. The van der Waals surface area contributed by atoms with Gasteiger partial charge in [0.2, 0.25) is 0 Å². The minimum absolute atomic E-state index is 0.590. The van der Waals surface area contributed by atoms with Gasteiger partial charge in [-0.2, -0.15) is 0 Å². The van der Waals surface area contributed by atoms with Crippen molar-refractivity contribution in [1.29, 1.82) is 0 Å². The summed E-state index contributed by atoms with van der Waals surface area (Å²) in [6, 6.07) is 6.22. The minimum atomic E-state index is 0.590. The first kappa shape index (κ1) is 4.86. The van der Waals surface area contributed by atoms with Crippen molar-refractivity contribution in [3.8, 4) is 0 Å². The van der Waals surface area contributed by atoms with Gasteiger partial charge in [-0.3, -0.25) is 0 Å². The van der Waals surface area contributed by atoms with E-state index >= 15 is 0 Å². The number of hydrogen-bond acceptors (Lipinski definition) is 1. The van der Waals surface area contributed by atoms with Gasteiger partial charge in [0.15, 0.2) is 0 Å². The smallest absolute Gasteiger partial charge is 0.0626 e. The van der Waals surface area contributed by atoms with Gasteiger partial charge in [0.05, 0.1) is 1.37 Å². The highest BCUT2D eigenvalue weighted by Gasteiger charge is 1.88. The molecule has 0 aliphatic carbocycles. The first-order chi connectivity index (χ1) is 4.75. The van der Waals surface area contributed by atoms with Crippen LogP contribution >= 0.6 is 0 Å². The Morgan fingerprint density at radius 3 is 2.89 bits per heavy atom. The van der Waals surface area contributed by atoms with Crippen LogP contribution in [0.5, 0.6) is 0 Å². The summed E-state index contributed by atoms with van der Waals surface area (Å²) in [7, 11) is 1.86. The molecular formula is C8H11N. The van der Waals surface area contributed by atoms with Gasteiger partial charge in [0.25, 0.3) is 0 Å². The van der Waals surface area contributed by atoms with Gasteiger partial charge in [-0.15, -0.1) is 0 Å². The van der Waals surface area contributed by atoms with Crippen molar-refractivity contribution in [1.82, 2.24) is 0 Å². The van der Waals surface area contributed by atoms with Crippen molar-refractivity contribution in [2.45, 2.75) is 6.92 Å². The second kappa shape index (κ2) is 2.53. The van der Waals surface area contributed by atoms with Gasteiger partial charge in [0.1, 0.15) is 0 Å². The highest BCUT2D eigenvalue weighted by atomic mass is 14.8. The van der Waals surface area contributed by atoms with Crippen LogP contribution in [0.15, 0.2) is 24.2 Å². The van der Waals surface area contributed by atoms with Crippen LogP contribution in [0.1, 0.15) is 6.93 Å². The monoisotopic (exact) mass is 122 g/mol. The quantitative estimate of drug-likeness (QED) is 0.601. The van der Waals surface area contributed by atoms with E-state index in [1.54, 1.807) is 6.07 Å². The Labute approximate surface area is 57.1 Å². The molecule has 48 valence electrons. The lowest BCUT2D eigenvalue weighted by atomic mass is 10.2. The molecule has 0 fully saturated rings. The lowest BCUT2D eigenvalue weighted by Crippen LogP contribution is -1.89. The van der Waals surface area contributed by atoms with Gasteiger partial charge in [-0.1, -0.05) is 18.2 Å². The molecule has 0 aromatic heterocycles. The van der Waals surface area contributed by atoms with E-state index in [9.17, 15) is 0 Å². The van der Waals surface area contributed by atoms with Crippen LogP contribution in [-0.2, 0) is 0 Å². The third-order valence-corrected chi connectivity index (χ3v) is 1.33. The Kier molecular flexibility index (Phi) is 1.37. The molecule has 0 unspecified atom stereocenters. The van der Waals surface area contributed by atoms with Gasteiger partial charge in [0, 0.05) is 12.7 Å². The molecule has 0 aliphatic heterocycles. The van der Waals surface area contributed by atoms with Crippen LogP contribution in [0.4, 0.5) is 5.69 Å². The molecule has 0 bridgehead atoms. The van der Waals surface area contributed by atoms with Crippen LogP contribution < -0.4 is 5.32 Å². The van der Waals surface area contributed by atoms with E-state index in [1.165, 1.54) is 0 Å². The van der Waals surface area contributed by atoms with Crippen molar-refractivity contribution in [2.75, 3.05) is 12.4 Å². The van der Waals surface area contributed by atoms with E-state index in [-0.39, 0.29) is 0 Å². The fraction of sp³-hybridized carbons (Fsp3) is 0.250. The molecule has 0 radical (unpaired) electrons. The average Bonchev–Trinajstić information content (AvgIpc) is 1.95. The molecule has 1 heteroatoms. The van der Waals surface area contributed by atoms with E-state index in [1.807, 2.05) is 26.1 Å². The zero-order chi connectivity index (χ0) is 7.56. The number of hydrogen-bond donors (Lipinski definition) is 1. The molecule has 1 N–H and O–H groups in total. The number of para-hydroxylation sites is 1. The predicted octanol–water partition coefficient (Wildman–Crippen LogP) is 2.04. The fourth-order valence-electron chi connectivity index (χ4n) is 0.791. The van der Waals surface area contributed by atoms with E-state index in [0.29, 0.717) is 6.04 Å². The Hall–Kier alpha value is -0.980. The van der Waals surface area contributed by atoms with Crippen LogP contribution in [-0.4, -0.2) is 7.05 Å². The molecule has 0 aliphatic rings. The van der Waals surface area contributed by atoms with Crippen molar-refractivity contribution < 1.29 is 1.37 Å². The lowest BCUT2D eigenvalue weighted by molar-refractivity contribution is 1.41. The summed E-state index contributed by atoms with van der Waals surface area (Å²) in [5.74, 6) is 0. The SMILES string of the molecule is [2H]c1cccc(NC)c1C. The highest BCUT2D eigenvalue weighted by Crippen LogP contribution is 2.10. The standard InChI is InChI=1S/C8H11N/c1-7-5-3-4-6-8(7)9-2/h3-6,9H,1-2H3/i5D. The number of nitrogens with one attached hydrogen (secondary N) is 1. The maximum absolute atomic E-state index is 7.42. The molecule has 0 saturated carbocycles.